The van der Waals surface area contributed by atoms with Crippen molar-refractivity contribution in [1.29, 1.82) is 0 Å². The summed E-state index contributed by atoms with van der Waals surface area (Å²) in [5, 5.41) is 9.67. The number of piperazine rings is 1. The van der Waals surface area contributed by atoms with E-state index in [2.05, 4.69) is 11.5 Å². The second-order valence-corrected chi connectivity index (χ2v) is 4.18. The largest absolute Gasteiger partial charge is 0.503 e. The van der Waals surface area contributed by atoms with Crippen molar-refractivity contribution in [1.82, 2.24) is 4.90 Å². The van der Waals surface area contributed by atoms with E-state index in [4.69, 9.17) is 0 Å². The highest BCUT2D eigenvalue weighted by atomic mass is 19.1. The van der Waals surface area contributed by atoms with Crippen molar-refractivity contribution in [2.75, 3.05) is 37.6 Å². The number of rotatable bonds is 3. The minimum absolute atomic E-state index is 0.246. The van der Waals surface area contributed by atoms with Crippen molar-refractivity contribution >= 4 is 5.69 Å². The van der Waals surface area contributed by atoms with Crippen LogP contribution in [-0.4, -0.2) is 42.7 Å². The third-order valence-electron chi connectivity index (χ3n) is 3.07. The van der Waals surface area contributed by atoms with Crippen LogP contribution >= 0.6 is 0 Å². The molecule has 0 radical (unpaired) electrons. The van der Waals surface area contributed by atoms with Crippen LogP contribution in [-0.2, 0) is 0 Å². The van der Waals surface area contributed by atoms with Gasteiger partial charge in [0.2, 0.25) is 0 Å². The van der Waals surface area contributed by atoms with E-state index in [1.807, 2.05) is 11.0 Å². The molecule has 0 aromatic heterocycles. The molecule has 92 valence electrons. The van der Waals surface area contributed by atoms with Gasteiger partial charge in [0, 0.05) is 32.7 Å². The van der Waals surface area contributed by atoms with Gasteiger partial charge in [0.15, 0.2) is 11.6 Å². The molecule has 1 aromatic carbocycles. The van der Waals surface area contributed by atoms with Crippen LogP contribution < -0.4 is 4.90 Å². The van der Waals surface area contributed by atoms with E-state index in [9.17, 15) is 9.50 Å². The van der Waals surface area contributed by atoms with Crippen LogP contribution in [0.15, 0.2) is 30.9 Å². The molecule has 1 heterocycles. The number of nitrogens with zero attached hydrogens (tertiary/aromatic N) is 2. The van der Waals surface area contributed by atoms with Gasteiger partial charge in [0.25, 0.3) is 0 Å². The number of hydrogen-bond acceptors (Lipinski definition) is 3. The van der Waals surface area contributed by atoms with Crippen LogP contribution in [0.1, 0.15) is 0 Å². The maximum absolute atomic E-state index is 13.2. The predicted octanol–water partition coefficient (Wildman–Crippen LogP) is 1.84. The zero-order valence-electron chi connectivity index (χ0n) is 9.77. The molecule has 1 aromatic rings. The summed E-state index contributed by atoms with van der Waals surface area (Å²) in [4.78, 5) is 4.29. The van der Waals surface area contributed by atoms with E-state index in [-0.39, 0.29) is 5.75 Å². The van der Waals surface area contributed by atoms with Crippen LogP contribution in [0.5, 0.6) is 5.75 Å². The molecule has 0 aliphatic carbocycles. The lowest BCUT2D eigenvalue weighted by molar-refractivity contribution is 0.283. The normalized spacial score (nSPS) is 17.1. The van der Waals surface area contributed by atoms with Crippen LogP contribution in [0.3, 0.4) is 0 Å². The second kappa shape index (κ2) is 5.19. The summed E-state index contributed by atoms with van der Waals surface area (Å²) < 4.78 is 13.2. The molecule has 0 atom stereocenters. The molecule has 1 saturated heterocycles. The van der Waals surface area contributed by atoms with E-state index in [1.165, 1.54) is 6.07 Å². The van der Waals surface area contributed by atoms with Gasteiger partial charge >= 0.3 is 0 Å². The molecule has 0 bridgehead atoms. The zero-order chi connectivity index (χ0) is 12.3. The van der Waals surface area contributed by atoms with Gasteiger partial charge in [-0.25, -0.2) is 4.39 Å². The standard InChI is InChI=1S/C13H17FN2O/c1-2-6-15-7-9-16(10-8-15)12-5-3-4-11(14)13(12)17/h2-5,17H,1,6-10H2. The van der Waals surface area contributed by atoms with Crippen molar-refractivity contribution < 1.29 is 9.50 Å². The number of phenols is 1. The van der Waals surface area contributed by atoms with Gasteiger partial charge in [0.05, 0.1) is 5.69 Å². The lowest BCUT2D eigenvalue weighted by atomic mass is 10.2. The Kier molecular flexibility index (Phi) is 3.64. The summed E-state index contributed by atoms with van der Waals surface area (Å²) >= 11 is 0. The lowest BCUT2D eigenvalue weighted by Crippen LogP contribution is -2.46. The highest BCUT2D eigenvalue weighted by Gasteiger charge is 2.19. The van der Waals surface area contributed by atoms with Gasteiger partial charge in [-0.3, -0.25) is 4.90 Å². The average Bonchev–Trinajstić information content (AvgIpc) is 2.34. The van der Waals surface area contributed by atoms with E-state index in [0.717, 1.165) is 32.7 Å². The Morgan fingerprint density at radius 1 is 1.29 bits per heavy atom. The van der Waals surface area contributed by atoms with Crippen LogP contribution in [0.2, 0.25) is 0 Å². The number of para-hydroxylation sites is 1. The Labute approximate surface area is 101 Å². The van der Waals surface area contributed by atoms with Gasteiger partial charge in [-0.05, 0) is 12.1 Å². The summed E-state index contributed by atoms with van der Waals surface area (Å²) in [6.45, 7) is 7.99. The quantitative estimate of drug-likeness (QED) is 0.811. The number of hydrogen-bond donors (Lipinski definition) is 1. The number of aromatic hydroxyl groups is 1. The first-order valence-corrected chi connectivity index (χ1v) is 5.78. The van der Waals surface area contributed by atoms with E-state index in [1.54, 1.807) is 12.1 Å². The molecule has 17 heavy (non-hydrogen) atoms. The Hall–Kier alpha value is -1.55. The third kappa shape index (κ3) is 2.58. The molecule has 1 N–H and O–H groups in total. The Morgan fingerprint density at radius 3 is 2.65 bits per heavy atom. The summed E-state index contributed by atoms with van der Waals surface area (Å²) in [5.74, 6) is -0.805. The lowest BCUT2D eigenvalue weighted by Gasteiger charge is -2.35. The monoisotopic (exact) mass is 236 g/mol. The SMILES string of the molecule is C=CCN1CCN(c2cccc(F)c2O)CC1. The highest BCUT2D eigenvalue weighted by Crippen LogP contribution is 2.30. The van der Waals surface area contributed by atoms with Crippen LogP contribution in [0, 0.1) is 5.82 Å². The first-order valence-electron chi connectivity index (χ1n) is 5.78. The van der Waals surface area contributed by atoms with E-state index in [0.29, 0.717) is 5.69 Å². The van der Waals surface area contributed by atoms with Crippen molar-refractivity contribution in [3.63, 3.8) is 0 Å². The van der Waals surface area contributed by atoms with Gasteiger partial charge < -0.3 is 10.0 Å². The molecule has 3 nitrogen and oxygen atoms in total. The Bertz CT molecular complexity index is 400. The highest BCUT2D eigenvalue weighted by molar-refractivity contribution is 5.58. The van der Waals surface area contributed by atoms with Crippen molar-refractivity contribution in [2.24, 2.45) is 0 Å². The average molecular weight is 236 g/mol. The fourth-order valence-corrected chi connectivity index (χ4v) is 2.11. The van der Waals surface area contributed by atoms with Crippen molar-refractivity contribution in [3.05, 3.63) is 36.7 Å². The molecule has 1 fully saturated rings. The molecule has 0 unspecified atom stereocenters. The summed E-state index contributed by atoms with van der Waals surface area (Å²) in [5.41, 5.74) is 0.586. The van der Waals surface area contributed by atoms with E-state index >= 15 is 0 Å². The van der Waals surface area contributed by atoms with Gasteiger partial charge in [-0.2, -0.15) is 0 Å². The molecule has 2 rings (SSSR count). The van der Waals surface area contributed by atoms with Crippen molar-refractivity contribution in [2.45, 2.75) is 0 Å². The molecule has 1 aliphatic rings. The second-order valence-electron chi connectivity index (χ2n) is 4.18. The maximum Gasteiger partial charge on any atom is 0.175 e. The van der Waals surface area contributed by atoms with Gasteiger partial charge in [-0.15, -0.1) is 6.58 Å². The predicted molar refractivity (Wildman–Crippen MR) is 66.9 cm³/mol. The molecule has 1 aliphatic heterocycles. The molecule has 4 heteroatoms. The van der Waals surface area contributed by atoms with E-state index < -0.39 is 5.82 Å². The third-order valence-corrected chi connectivity index (χ3v) is 3.07. The number of phenolic OH excluding ortho intramolecular Hbond substituents is 1. The number of halogens is 1. The molecular weight excluding hydrogens is 219 g/mol. The first kappa shape index (κ1) is 11.9. The van der Waals surface area contributed by atoms with Crippen molar-refractivity contribution in [3.8, 4) is 5.75 Å². The minimum atomic E-state index is -0.559. The minimum Gasteiger partial charge on any atom is -0.503 e. The Morgan fingerprint density at radius 2 is 2.00 bits per heavy atom. The molecule has 0 saturated carbocycles. The fourth-order valence-electron chi connectivity index (χ4n) is 2.11. The zero-order valence-corrected chi connectivity index (χ0v) is 9.77. The van der Waals surface area contributed by atoms with Gasteiger partial charge in [0.1, 0.15) is 0 Å². The maximum atomic E-state index is 13.2. The topological polar surface area (TPSA) is 26.7 Å². The summed E-state index contributed by atoms with van der Waals surface area (Å²) in [6.07, 6.45) is 1.88. The smallest absolute Gasteiger partial charge is 0.175 e. The summed E-state index contributed by atoms with van der Waals surface area (Å²) in [6, 6.07) is 4.65. The fraction of sp³-hybridized carbons (Fsp3) is 0.385. The first-order chi connectivity index (χ1) is 8.22. The molecule has 0 amide bonds. The van der Waals surface area contributed by atoms with Gasteiger partial charge in [-0.1, -0.05) is 12.1 Å². The van der Waals surface area contributed by atoms with Crippen LogP contribution in [0.25, 0.3) is 0 Å². The Balaban J connectivity index is 2.05. The number of benzene rings is 1. The van der Waals surface area contributed by atoms with Crippen LogP contribution in [0.4, 0.5) is 10.1 Å². The number of anilines is 1. The molecule has 0 spiro atoms. The molecular formula is C13H17FN2O. The summed E-state index contributed by atoms with van der Waals surface area (Å²) in [7, 11) is 0.